The molecule has 1 N–H and O–H groups in total. The third-order valence-corrected chi connectivity index (χ3v) is 3.01. The molecule has 0 saturated heterocycles. The SMILES string of the molecule is Cc1cccnc1NC(=O)CCC(=O)c1ccc(F)cc1. The van der Waals surface area contributed by atoms with Gasteiger partial charge >= 0.3 is 0 Å². The fraction of sp³-hybridized carbons (Fsp3) is 0.188. The van der Waals surface area contributed by atoms with Gasteiger partial charge in [-0.2, -0.15) is 0 Å². The first-order valence-corrected chi connectivity index (χ1v) is 6.56. The van der Waals surface area contributed by atoms with Crippen molar-refractivity contribution < 1.29 is 14.0 Å². The summed E-state index contributed by atoms with van der Waals surface area (Å²) in [4.78, 5) is 27.7. The minimum absolute atomic E-state index is 0.0617. The van der Waals surface area contributed by atoms with Crippen molar-refractivity contribution in [3.8, 4) is 0 Å². The lowest BCUT2D eigenvalue weighted by Crippen LogP contribution is -2.15. The average Bonchev–Trinajstić information content (AvgIpc) is 2.48. The zero-order valence-electron chi connectivity index (χ0n) is 11.6. The number of hydrogen-bond donors (Lipinski definition) is 1. The summed E-state index contributed by atoms with van der Waals surface area (Å²) in [5, 5.41) is 2.66. The van der Waals surface area contributed by atoms with Gasteiger partial charge in [0.25, 0.3) is 0 Å². The number of ketones is 1. The molecule has 1 heterocycles. The third kappa shape index (κ3) is 4.21. The van der Waals surface area contributed by atoms with Gasteiger partial charge in [0.15, 0.2) is 5.78 Å². The van der Waals surface area contributed by atoms with Crippen LogP contribution in [0, 0.1) is 12.7 Å². The van der Waals surface area contributed by atoms with E-state index >= 15 is 0 Å². The minimum Gasteiger partial charge on any atom is -0.310 e. The van der Waals surface area contributed by atoms with Gasteiger partial charge in [-0.05, 0) is 42.8 Å². The summed E-state index contributed by atoms with van der Waals surface area (Å²) in [6, 6.07) is 8.90. The van der Waals surface area contributed by atoms with E-state index in [-0.39, 0.29) is 24.5 Å². The molecule has 4 nitrogen and oxygen atoms in total. The molecule has 1 amide bonds. The highest BCUT2D eigenvalue weighted by Gasteiger charge is 2.10. The first-order valence-electron chi connectivity index (χ1n) is 6.56. The number of Topliss-reactive ketones (excluding diaryl/α,β-unsaturated/α-hetero) is 1. The second-order valence-corrected chi connectivity index (χ2v) is 4.65. The largest absolute Gasteiger partial charge is 0.310 e. The minimum atomic E-state index is -0.394. The number of nitrogens with one attached hydrogen (secondary N) is 1. The number of benzene rings is 1. The number of hydrogen-bond acceptors (Lipinski definition) is 3. The Kier molecular flexibility index (Phi) is 4.77. The molecule has 0 aliphatic carbocycles. The van der Waals surface area contributed by atoms with E-state index in [1.54, 1.807) is 12.3 Å². The topological polar surface area (TPSA) is 59.1 Å². The van der Waals surface area contributed by atoms with Crippen molar-refractivity contribution in [1.29, 1.82) is 0 Å². The number of halogens is 1. The summed E-state index contributed by atoms with van der Waals surface area (Å²) in [7, 11) is 0. The second-order valence-electron chi connectivity index (χ2n) is 4.65. The van der Waals surface area contributed by atoms with Crippen molar-refractivity contribution in [2.75, 3.05) is 5.32 Å². The number of carbonyl (C=O) groups excluding carboxylic acids is 2. The summed E-state index contributed by atoms with van der Waals surface area (Å²) in [6.45, 7) is 1.84. The summed E-state index contributed by atoms with van der Waals surface area (Å²) in [5.41, 5.74) is 1.26. The number of anilines is 1. The van der Waals surface area contributed by atoms with Crippen LogP contribution in [0.3, 0.4) is 0 Å². The van der Waals surface area contributed by atoms with Gasteiger partial charge < -0.3 is 5.32 Å². The van der Waals surface area contributed by atoms with Gasteiger partial charge in [0.05, 0.1) is 0 Å². The Balaban J connectivity index is 1.88. The lowest BCUT2D eigenvalue weighted by Gasteiger charge is -2.06. The number of aryl methyl sites for hydroxylation is 1. The number of aromatic nitrogens is 1. The molecule has 0 spiro atoms. The Labute approximate surface area is 122 Å². The zero-order valence-corrected chi connectivity index (χ0v) is 11.6. The Morgan fingerprint density at radius 3 is 2.52 bits per heavy atom. The fourth-order valence-electron chi connectivity index (χ4n) is 1.82. The molecule has 0 bridgehead atoms. The highest BCUT2D eigenvalue weighted by Crippen LogP contribution is 2.11. The number of nitrogens with zero attached hydrogens (tertiary/aromatic N) is 1. The Morgan fingerprint density at radius 1 is 1.14 bits per heavy atom. The van der Waals surface area contributed by atoms with Gasteiger partial charge in [0.2, 0.25) is 5.91 Å². The zero-order chi connectivity index (χ0) is 15.2. The lowest BCUT2D eigenvalue weighted by atomic mass is 10.1. The van der Waals surface area contributed by atoms with Crippen LogP contribution in [0.2, 0.25) is 0 Å². The van der Waals surface area contributed by atoms with E-state index in [0.717, 1.165) is 5.56 Å². The van der Waals surface area contributed by atoms with Crippen molar-refractivity contribution in [3.63, 3.8) is 0 Å². The van der Waals surface area contributed by atoms with Crippen LogP contribution < -0.4 is 5.32 Å². The van der Waals surface area contributed by atoms with Gasteiger partial charge in [0.1, 0.15) is 11.6 Å². The highest BCUT2D eigenvalue weighted by molar-refractivity contribution is 5.99. The lowest BCUT2D eigenvalue weighted by molar-refractivity contribution is -0.116. The van der Waals surface area contributed by atoms with Crippen LogP contribution in [0.25, 0.3) is 0 Å². The molecule has 108 valence electrons. The molecule has 1 aromatic carbocycles. The molecule has 0 aliphatic heterocycles. The molecule has 5 heteroatoms. The summed E-state index contributed by atoms with van der Waals surface area (Å²) in [5.74, 6) is -0.359. The molecule has 2 rings (SSSR count). The van der Waals surface area contributed by atoms with Crippen molar-refractivity contribution in [2.24, 2.45) is 0 Å². The standard InChI is InChI=1S/C16H15FN2O2/c1-11-3-2-10-18-16(11)19-15(21)9-8-14(20)12-4-6-13(17)7-5-12/h2-7,10H,8-9H2,1H3,(H,18,19,21). The van der Waals surface area contributed by atoms with Crippen LogP contribution in [0.1, 0.15) is 28.8 Å². The Hall–Kier alpha value is -2.56. The Bertz CT molecular complexity index is 654. The van der Waals surface area contributed by atoms with E-state index in [1.165, 1.54) is 24.3 Å². The summed E-state index contributed by atoms with van der Waals surface area (Å²) in [6.07, 6.45) is 1.72. The number of pyridine rings is 1. The highest BCUT2D eigenvalue weighted by atomic mass is 19.1. The smallest absolute Gasteiger partial charge is 0.225 e. The van der Waals surface area contributed by atoms with E-state index in [9.17, 15) is 14.0 Å². The average molecular weight is 286 g/mol. The van der Waals surface area contributed by atoms with Crippen LogP contribution in [0.4, 0.5) is 10.2 Å². The molecular weight excluding hydrogens is 271 g/mol. The molecule has 0 fully saturated rings. The van der Waals surface area contributed by atoms with Crippen molar-refractivity contribution in [1.82, 2.24) is 4.98 Å². The maximum Gasteiger partial charge on any atom is 0.225 e. The van der Waals surface area contributed by atoms with E-state index in [1.807, 2.05) is 13.0 Å². The van der Waals surface area contributed by atoms with Gasteiger partial charge in [0, 0.05) is 24.6 Å². The van der Waals surface area contributed by atoms with Crippen LogP contribution in [-0.4, -0.2) is 16.7 Å². The molecular formula is C16H15FN2O2. The van der Waals surface area contributed by atoms with Crippen LogP contribution in [0.5, 0.6) is 0 Å². The van der Waals surface area contributed by atoms with Crippen molar-refractivity contribution >= 4 is 17.5 Å². The molecule has 0 atom stereocenters. The van der Waals surface area contributed by atoms with Gasteiger partial charge in [-0.1, -0.05) is 6.07 Å². The maximum atomic E-state index is 12.8. The van der Waals surface area contributed by atoms with Crippen LogP contribution in [-0.2, 0) is 4.79 Å². The molecule has 1 aromatic heterocycles. The number of amides is 1. The van der Waals surface area contributed by atoms with Gasteiger partial charge in [-0.25, -0.2) is 9.37 Å². The maximum absolute atomic E-state index is 12.8. The molecule has 2 aromatic rings. The summed E-state index contributed by atoms with van der Waals surface area (Å²) >= 11 is 0. The summed E-state index contributed by atoms with van der Waals surface area (Å²) < 4.78 is 12.8. The normalized spacial score (nSPS) is 10.2. The van der Waals surface area contributed by atoms with E-state index in [2.05, 4.69) is 10.3 Å². The van der Waals surface area contributed by atoms with Crippen molar-refractivity contribution in [2.45, 2.75) is 19.8 Å². The first kappa shape index (κ1) is 14.8. The quantitative estimate of drug-likeness (QED) is 0.859. The van der Waals surface area contributed by atoms with E-state index in [0.29, 0.717) is 11.4 Å². The van der Waals surface area contributed by atoms with Gasteiger partial charge in [-0.3, -0.25) is 9.59 Å². The second kappa shape index (κ2) is 6.74. The molecule has 0 aliphatic rings. The third-order valence-electron chi connectivity index (χ3n) is 3.01. The molecule has 0 saturated carbocycles. The molecule has 0 radical (unpaired) electrons. The van der Waals surface area contributed by atoms with Crippen LogP contribution >= 0.6 is 0 Å². The monoisotopic (exact) mass is 286 g/mol. The first-order chi connectivity index (χ1) is 10.1. The van der Waals surface area contributed by atoms with E-state index < -0.39 is 5.82 Å². The van der Waals surface area contributed by atoms with Crippen molar-refractivity contribution in [3.05, 3.63) is 59.5 Å². The number of carbonyl (C=O) groups is 2. The number of rotatable bonds is 5. The predicted molar refractivity (Wildman–Crippen MR) is 77.6 cm³/mol. The van der Waals surface area contributed by atoms with Gasteiger partial charge in [-0.15, -0.1) is 0 Å². The fourth-order valence-corrected chi connectivity index (χ4v) is 1.82. The predicted octanol–water partition coefficient (Wildman–Crippen LogP) is 3.13. The molecule has 21 heavy (non-hydrogen) atoms. The van der Waals surface area contributed by atoms with E-state index in [4.69, 9.17) is 0 Å². The molecule has 0 unspecified atom stereocenters. The Morgan fingerprint density at radius 2 is 1.86 bits per heavy atom. The van der Waals surface area contributed by atoms with Crippen LogP contribution in [0.15, 0.2) is 42.6 Å².